The summed E-state index contributed by atoms with van der Waals surface area (Å²) in [6.45, 7) is 0.197. The zero-order valence-electron chi connectivity index (χ0n) is 10.6. The summed E-state index contributed by atoms with van der Waals surface area (Å²) in [5.41, 5.74) is 1.47. The molecule has 0 fully saturated rings. The standard InChI is InChI=1S/C14H9Cl2N3O2/c15-11-2-4-14(19(20)21)10(6-11)8-18-13-3-1-9(7-17)5-12(13)16/h1-6,18H,8H2. The maximum Gasteiger partial charge on any atom is 0.274 e. The van der Waals surface area contributed by atoms with Crippen molar-refractivity contribution in [2.75, 3.05) is 5.32 Å². The van der Waals surface area contributed by atoms with Crippen LogP contribution in [0.5, 0.6) is 0 Å². The second kappa shape index (κ2) is 6.44. The number of hydrogen-bond donors (Lipinski definition) is 1. The Bertz CT molecular complexity index is 741. The highest BCUT2D eigenvalue weighted by Gasteiger charge is 2.14. The number of nitro groups is 1. The number of nitro benzene ring substituents is 1. The predicted octanol–water partition coefficient (Wildman–Crippen LogP) is 4.39. The Labute approximate surface area is 130 Å². The Morgan fingerprint density at radius 3 is 2.62 bits per heavy atom. The van der Waals surface area contributed by atoms with Gasteiger partial charge in [0, 0.05) is 17.6 Å². The molecular formula is C14H9Cl2N3O2. The van der Waals surface area contributed by atoms with E-state index in [-0.39, 0.29) is 12.2 Å². The Morgan fingerprint density at radius 2 is 2.00 bits per heavy atom. The van der Waals surface area contributed by atoms with Gasteiger partial charge in [0.25, 0.3) is 5.69 Å². The van der Waals surface area contributed by atoms with E-state index in [1.165, 1.54) is 24.3 Å². The number of nitriles is 1. The SMILES string of the molecule is N#Cc1ccc(NCc2cc(Cl)ccc2[N+](=O)[O-])c(Cl)c1. The lowest BCUT2D eigenvalue weighted by Gasteiger charge is -2.09. The van der Waals surface area contributed by atoms with Crippen molar-refractivity contribution in [1.29, 1.82) is 5.26 Å². The minimum Gasteiger partial charge on any atom is -0.379 e. The highest BCUT2D eigenvalue weighted by atomic mass is 35.5. The van der Waals surface area contributed by atoms with E-state index in [1.807, 2.05) is 6.07 Å². The van der Waals surface area contributed by atoms with Crippen molar-refractivity contribution in [3.63, 3.8) is 0 Å². The molecule has 0 aromatic heterocycles. The monoisotopic (exact) mass is 321 g/mol. The smallest absolute Gasteiger partial charge is 0.274 e. The van der Waals surface area contributed by atoms with Gasteiger partial charge in [-0.2, -0.15) is 5.26 Å². The van der Waals surface area contributed by atoms with Crippen molar-refractivity contribution in [1.82, 2.24) is 0 Å². The van der Waals surface area contributed by atoms with Crippen LogP contribution in [0.15, 0.2) is 36.4 Å². The molecule has 106 valence electrons. The fraction of sp³-hybridized carbons (Fsp3) is 0.0714. The van der Waals surface area contributed by atoms with Crippen LogP contribution in [0, 0.1) is 21.4 Å². The van der Waals surface area contributed by atoms with Crippen molar-refractivity contribution in [3.05, 3.63) is 67.7 Å². The van der Waals surface area contributed by atoms with E-state index in [1.54, 1.807) is 12.1 Å². The molecule has 0 unspecified atom stereocenters. The van der Waals surface area contributed by atoms with Crippen LogP contribution in [0.4, 0.5) is 11.4 Å². The zero-order chi connectivity index (χ0) is 15.4. The van der Waals surface area contributed by atoms with Gasteiger partial charge in [-0.05, 0) is 30.3 Å². The summed E-state index contributed by atoms with van der Waals surface area (Å²) in [6.07, 6.45) is 0. The third-order valence-electron chi connectivity index (χ3n) is 2.81. The molecule has 0 atom stereocenters. The first-order valence-electron chi connectivity index (χ1n) is 5.87. The van der Waals surface area contributed by atoms with Crippen LogP contribution in [-0.2, 0) is 6.54 Å². The van der Waals surface area contributed by atoms with Crippen LogP contribution in [0.1, 0.15) is 11.1 Å². The van der Waals surface area contributed by atoms with E-state index in [9.17, 15) is 10.1 Å². The molecule has 0 amide bonds. The number of halogens is 2. The molecule has 0 spiro atoms. The van der Waals surface area contributed by atoms with Crippen molar-refractivity contribution in [2.45, 2.75) is 6.54 Å². The van der Waals surface area contributed by atoms with Gasteiger partial charge in [-0.25, -0.2) is 0 Å². The van der Waals surface area contributed by atoms with Gasteiger partial charge >= 0.3 is 0 Å². The highest BCUT2D eigenvalue weighted by Crippen LogP contribution is 2.26. The molecule has 7 heteroatoms. The van der Waals surface area contributed by atoms with Gasteiger partial charge < -0.3 is 5.32 Å². The lowest BCUT2D eigenvalue weighted by atomic mass is 10.1. The van der Waals surface area contributed by atoms with Crippen molar-refractivity contribution in [2.24, 2.45) is 0 Å². The summed E-state index contributed by atoms with van der Waals surface area (Å²) in [4.78, 5) is 10.5. The van der Waals surface area contributed by atoms with Gasteiger partial charge in [-0.1, -0.05) is 23.2 Å². The fourth-order valence-electron chi connectivity index (χ4n) is 1.79. The molecule has 0 aliphatic heterocycles. The summed E-state index contributed by atoms with van der Waals surface area (Å²) in [5, 5.41) is 23.5. The number of anilines is 1. The molecule has 0 aliphatic carbocycles. The van der Waals surface area contributed by atoms with Crippen LogP contribution in [0.2, 0.25) is 10.0 Å². The maximum atomic E-state index is 11.0. The quantitative estimate of drug-likeness (QED) is 0.669. The lowest BCUT2D eigenvalue weighted by Crippen LogP contribution is -2.03. The number of rotatable bonds is 4. The van der Waals surface area contributed by atoms with E-state index in [0.29, 0.717) is 26.9 Å². The molecule has 21 heavy (non-hydrogen) atoms. The molecule has 0 bridgehead atoms. The molecule has 2 aromatic carbocycles. The Hall–Kier alpha value is -2.29. The normalized spacial score (nSPS) is 9.95. The topological polar surface area (TPSA) is 79.0 Å². The molecule has 0 heterocycles. The van der Waals surface area contributed by atoms with E-state index in [0.717, 1.165) is 0 Å². The van der Waals surface area contributed by atoms with E-state index in [4.69, 9.17) is 28.5 Å². The summed E-state index contributed by atoms with van der Waals surface area (Å²) in [7, 11) is 0. The van der Waals surface area contributed by atoms with Gasteiger partial charge in [0.1, 0.15) is 0 Å². The van der Waals surface area contributed by atoms with Crippen molar-refractivity contribution in [3.8, 4) is 6.07 Å². The van der Waals surface area contributed by atoms with Crippen LogP contribution >= 0.6 is 23.2 Å². The molecule has 2 aromatic rings. The van der Waals surface area contributed by atoms with Crippen molar-refractivity contribution >= 4 is 34.6 Å². The minimum atomic E-state index is -0.465. The lowest BCUT2D eigenvalue weighted by molar-refractivity contribution is -0.385. The average Bonchev–Trinajstić information content (AvgIpc) is 2.45. The Balaban J connectivity index is 2.22. The third kappa shape index (κ3) is 3.63. The second-order valence-electron chi connectivity index (χ2n) is 4.19. The molecule has 5 nitrogen and oxygen atoms in total. The summed E-state index contributed by atoms with van der Waals surface area (Å²) >= 11 is 11.9. The Morgan fingerprint density at radius 1 is 1.24 bits per heavy atom. The van der Waals surface area contributed by atoms with E-state index < -0.39 is 4.92 Å². The van der Waals surface area contributed by atoms with Crippen LogP contribution in [0.3, 0.4) is 0 Å². The number of nitrogens with one attached hydrogen (secondary N) is 1. The first-order valence-corrected chi connectivity index (χ1v) is 6.63. The predicted molar refractivity (Wildman–Crippen MR) is 81.6 cm³/mol. The van der Waals surface area contributed by atoms with Crippen molar-refractivity contribution < 1.29 is 4.92 Å². The first-order chi connectivity index (χ1) is 10.0. The minimum absolute atomic E-state index is 0.0170. The maximum absolute atomic E-state index is 11.0. The van der Waals surface area contributed by atoms with Gasteiger partial charge in [0.2, 0.25) is 0 Å². The number of nitrogens with zero attached hydrogens (tertiary/aromatic N) is 2. The van der Waals surface area contributed by atoms with Gasteiger partial charge in [0.15, 0.2) is 0 Å². The largest absolute Gasteiger partial charge is 0.379 e. The molecule has 2 rings (SSSR count). The number of benzene rings is 2. The second-order valence-corrected chi connectivity index (χ2v) is 5.03. The van der Waals surface area contributed by atoms with E-state index >= 15 is 0 Å². The molecule has 0 saturated heterocycles. The van der Waals surface area contributed by atoms with Gasteiger partial charge in [-0.15, -0.1) is 0 Å². The van der Waals surface area contributed by atoms with Crippen LogP contribution in [-0.4, -0.2) is 4.92 Å². The van der Waals surface area contributed by atoms with Crippen LogP contribution in [0.25, 0.3) is 0 Å². The summed E-state index contributed by atoms with van der Waals surface area (Å²) < 4.78 is 0. The fourth-order valence-corrected chi connectivity index (χ4v) is 2.23. The highest BCUT2D eigenvalue weighted by molar-refractivity contribution is 6.33. The first kappa shape index (κ1) is 15.1. The summed E-state index contributed by atoms with van der Waals surface area (Å²) in [5.74, 6) is 0. The number of hydrogen-bond acceptors (Lipinski definition) is 4. The van der Waals surface area contributed by atoms with Crippen LogP contribution < -0.4 is 5.32 Å². The Kier molecular flexibility index (Phi) is 4.63. The van der Waals surface area contributed by atoms with Gasteiger partial charge in [-0.3, -0.25) is 10.1 Å². The van der Waals surface area contributed by atoms with Gasteiger partial charge in [0.05, 0.1) is 32.8 Å². The zero-order valence-corrected chi connectivity index (χ0v) is 12.1. The van der Waals surface area contributed by atoms with E-state index in [2.05, 4.69) is 5.32 Å². The molecule has 0 aliphatic rings. The molecule has 1 N–H and O–H groups in total. The molecular weight excluding hydrogens is 313 g/mol. The average molecular weight is 322 g/mol. The molecule has 0 saturated carbocycles. The third-order valence-corrected chi connectivity index (χ3v) is 3.35. The summed E-state index contributed by atoms with van der Waals surface area (Å²) in [6, 6.07) is 11.1. The molecule has 0 radical (unpaired) electrons.